The van der Waals surface area contributed by atoms with Gasteiger partial charge in [0.15, 0.2) is 5.13 Å². The minimum atomic E-state index is 0.0864. The van der Waals surface area contributed by atoms with Gasteiger partial charge in [-0.2, -0.15) is 0 Å². The highest BCUT2D eigenvalue weighted by Crippen LogP contribution is 2.42. The van der Waals surface area contributed by atoms with E-state index in [0.717, 1.165) is 37.7 Å². The fourth-order valence-electron chi connectivity index (χ4n) is 3.21. The summed E-state index contributed by atoms with van der Waals surface area (Å²) in [7, 11) is 0. The maximum atomic E-state index is 12.3. The average Bonchev–Trinajstić information content (AvgIpc) is 3.16. The maximum absolute atomic E-state index is 12.3. The van der Waals surface area contributed by atoms with Crippen LogP contribution in [0.1, 0.15) is 16.8 Å². The molecule has 4 rings (SSSR count). The summed E-state index contributed by atoms with van der Waals surface area (Å²) in [5.41, 5.74) is 0.920. The molecule has 2 aliphatic rings. The number of nitrogens with zero attached hydrogens (tertiary/aromatic N) is 3. The van der Waals surface area contributed by atoms with Gasteiger partial charge in [-0.1, -0.05) is 0 Å². The first-order chi connectivity index (χ1) is 9.76. The lowest BCUT2D eigenvalue weighted by molar-refractivity contribution is 0.0762. The van der Waals surface area contributed by atoms with Crippen LogP contribution in [0.5, 0.6) is 0 Å². The molecule has 1 amide bonds. The first-order valence-electron chi connectivity index (χ1n) is 6.72. The molecule has 0 bridgehead atoms. The summed E-state index contributed by atoms with van der Waals surface area (Å²) in [6, 6.07) is 1.73. The zero-order valence-corrected chi connectivity index (χ0v) is 11.8. The number of anilines is 1. The van der Waals surface area contributed by atoms with E-state index in [2.05, 4.69) is 9.88 Å². The Balaban J connectivity index is 1.41. The second-order valence-corrected chi connectivity index (χ2v) is 6.53. The third-order valence-electron chi connectivity index (χ3n) is 4.24. The van der Waals surface area contributed by atoms with Gasteiger partial charge in [0.05, 0.1) is 11.8 Å². The smallest absolute Gasteiger partial charge is 0.257 e. The van der Waals surface area contributed by atoms with Crippen LogP contribution in [0.3, 0.4) is 0 Å². The Hall–Kier alpha value is -1.82. The molecule has 0 aromatic carbocycles. The first kappa shape index (κ1) is 12.0. The van der Waals surface area contributed by atoms with Crippen LogP contribution in [0, 0.1) is 5.41 Å². The molecule has 0 atom stereocenters. The number of carbonyl (C=O) groups excluding carboxylic acids is 1. The molecule has 0 unspecified atom stereocenters. The third kappa shape index (κ3) is 1.83. The Morgan fingerprint density at radius 3 is 3.00 bits per heavy atom. The zero-order chi connectivity index (χ0) is 13.6. The number of rotatable bonds is 2. The zero-order valence-electron chi connectivity index (χ0n) is 11.0. The van der Waals surface area contributed by atoms with Crippen LogP contribution < -0.4 is 4.90 Å². The van der Waals surface area contributed by atoms with E-state index in [1.807, 2.05) is 16.5 Å². The van der Waals surface area contributed by atoms with Gasteiger partial charge >= 0.3 is 0 Å². The van der Waals surface area contributed by atoms with E-state index in [0.29, 0.717) is 5.56 Å². The third-order valence-corrected chi connectivity index (χ3v) is 5.07. The number of furan rings is 1. The number of carbonyl (C=O) groups is 1. The van der Waals surface area contributed by atoms with Crippen molar-refractivity contribution in [1.82, 2.24) is 9.88 Å². The predicted molar refractivity (Wildman–Crippen MR) is 76.0 cm³/mol. The lowest BCUT2D eigenvalue weighted by Gasteiger charge is -2.47. The summed E-state index contributed by atoms with van der Waals surface area (Å²) in [4.78, 5) is 20.9. The van der Waals surface area contributed by atoms with Crippen LogP contribution in [-0.2, 0) is 0 Å². The van der Waals surface area contributed by atoms with Gasteiger partial charge < -0.3 is 14.2 Å². The lowest BCUT2D eigenvalue weighted by atomic mass is 9.79. The fraction of sp³-hybridized carbons (Fsp3) is 0.429. The molecule has 6 heteroatoms. The molecule has 2 aliphatic heterocycles. The topological polar surface area (TPSA) is 49.6 Å². The fourth-order valence-corrected chi connectivity index (χ4v) is 3.85. The quantitative estimate of drug-likeness (QED) is 0.849. The molecule has 2 aromatic heterocycles. The van der Waals surface area contributed by atoms with Gasteiger partial charge in [0.2, 0.25) is 0 Å². The predicted octanol–water partition coefficient (Wildman–Crippen LogP) is 2.09. The highest BCUT2D eigenvalue weighted by Gasteiger charge is 2.49. The van der Waals surface area contributed by atoms with Gasteiger partial charge in [-0.15, -0.1) is 11.3 Å². The maximum Gasteiger partial charge on any atom is 0.257 e. The van der Waals surface area contributed by atoms with Crippen molar-refractivity contribution in [2.75, 3.05) is 31.1 Å². The molecule has 20 heavy (non-hydrogen) atoms. The van der Waals surface area contributed by atoms with E-state index in [4.69, 9.17) is 4.42 Å². The number of hydrogen-bond acceptors (Lipinski definition) is 5. The Morgan fingerprint density at radius 1 is 1.40 bits per heavy atom. The summed E-state index contributed by atoms with van der Waals surface area (Å²) in [5, 5.41) is 3.10. The molecule has 0 N–H and O–H groups in total. The van der Waals surface area contributed by atoms with Crippen LogP contribution in [0.15, 0.2) is 34.6 Å². The van der Waals surface area contributed by atoms with Crippen molar-refractivity contribution in [1.29, 1.82) is 0 Å². The monoisotopic (exact) mass is 289 g/mol. The van der Waals surface area contributed by atoms with Crippen LogP contribution in [0.25, 0.3) is 0 Å². The normalized spacial score (nSPS) is 20.4. The summed E-state index contributed by atoms with van der Waals surface area (Å²) in [6.07, 6.45) is 6.00. The molecule has 0 radical (unpaired) electrons. The molecule has 0 aliphatic carbocycles. The van der Waals surface area contributed by atoms with Gasteiger partial charge in [0.25, 0.3) is 5.91 Å². The first-order valence-corrected chi connectivity index (χ1v) is 7.60. The SMILES string of the molecule is O=C(c1ccoc1)N1CCC2(C1)CN(c1nccs1)C2. The summed E-state index contributed by atoms with van der Waals surface area (Å²) >= 11 is 1.68. The van der Waals surface area contributed by atoms with E-state index in [1.165, 1.54) is 6.26 Å². The second kappa shape index (κ2) is 4.34. The lowest BCUT2D eigenvalue weighted by Crippen LogP contribution is -2.58. The number of likely N-dealkylation sites (tertiary alicyclic amines) is 1. The van der Waals surface area contributed by atoms with Crippen molar-refractivity contribution >= 4 is 22.4 Å². The number of amides is 1. The van der Waals surface area contributed by atoms with Crippen molar-refractivity contribution < 1.29 is 9.21 Å². The minimum absolute atomic E-state index is 0.0864. The van der Waals surface area contributed by atoms with E-state index in [9.17, 15) is 4.79 Å². The van der Waals surface area contributed by atoms with E-state index >= 15 is 0 Å². The largest absolute Gasteiger partial charge is 0.472 e. The summed E-state index contributed by atoms with van der Waals surface area (Å²) < 4.78 is 4.99. The molecule has 2 saturated heterocycles. The van der Waals surface area contributed by atoms with Crippen molar-refractivity contribution in [3.8, 4) is 0 Å². The van der Waals surface area contributed by atoms with Gasteiger partial charge in [-0.05, 0) is 12.5 Å². The minimum Gasteiger partial charge on any atom is -0.472 e. The molecular weight excluding hydrogens is 274 g/mol. The Labute approximate surface area is 120 Å². The molecule has 0 saturated carbocycles. The molecule has 104 valence electrons. The molecule has 2 fully saturated rings. The van der Waals surface area contributed by atoms with Crippen molar-refractivity contribution in [3.05, 3.63) is 35.7 Å². The molecule has 1 spiro atoms. The van der Waals surface area contributed by atoms with Crippen LogP contribution >= 0.6 is 11.3 Å². The van der Waals surface area contributed by atoms with Crippen LogP contribution in [-0.4, -0.2) is 42.0 Å². The molecule has 2 aromatic rings. The van der Waals surface area contributed by atoms with Crippen molar-refractivity contribution in [2.24, 2.45) is 5.41 Å². The van der Waals surface area contributed by atoms with Crippen molar-refractivity contribution in [3.63, 3.8) is 0 Å². The van der Waals surface area contributed by atoms with Gasteiger partial charge in [-0.25, -0.2) is 4.98 Å². The molecule has 4 heterocycles. The highest BCUT2D eigenvalue weighted by molar-refractivity contribution is 7.13. The van der Waals surface area contributed by atoms with Crippen LogP contribution in [0.4, 0.5) is 5.13 Å². The summed E-state index contributed by atoms with van der Waals surface area (Å²) in [5.74, 6) is 0.0864. The van der Waals surface area contributed by atoms with E-state index in [-0.39, 0.29) is 11.3 Å². The number of thiazole rings is 1. The van der Waals surface area contributed by atoms with E-state index < -0.39 is 0 Å². The molecular formula is C14H15N3O2S. The van der Waals surface area contributed by atoms with Gasteiger partial charge in [0.1, 0.15) is 6.26 Å². The standard InChI is InChI=1S/C14H15N3O2S/c18-12(11-1-5-19-7-11)16-4-2-14(8-16)9-17(10-14)13-15-3-6-20-13/h1,3,5-7H,2,4,8-10H2. The summed E-state index contributed by atoms with van der Waals surface area (Å²) in [6.45, 7) is 3.71. The molecule has 5 nitrogen and oxygen atoms in total. The van der Waals surface area contributed by atoms with E-state index in [1.54, 1.807) is 23.7 Å². The Kier molecular flexibility index (Phi) is 2.60. The highest BCUT2D eigenvalue weighted by atomic mass is 32.1. The number of hydrogen-bond donors (Lipinski definition) is 0. The Bertz CT molecular complexity index is 602. The number of aromatic nitrogens is 1. The second-order valence-electron chi connectivity index (χ2n) is 5.66. The van der Waals surface area contributed by atoms with Crippen LogP contribution in [0.2, 0.25) is 0 Å². The van der Waals surface area contributed by atoms with Gasteiger partial charge in [0, 0.05) is 43.2 Å². The van der Waals surface area contributed by atoms with Gasteiger partial charge in [-0.3, -0.25) is 4.79 Å². The van der Waals surface area contributed by atoms with Crippen molar-refractivity contribution in [2.45, 2.75) is 6.42 Å². The Morgan fingerprint density at radius 2 is 2.30 bits per heavy atom. The average molecular weight is 289 g/mol.